The number of benzene rings is 1. The molecule has 1 unspecified atom stereocenters. The number of piperazine rings is 1. The molecule has 10 nitrogen and oxygen atoms in total. The number of pyridine rings is 1. The summed E-state index contributed by atoms with van der Waals surface area (Å²) in [5.74, 6) is -1.57. The number of ether oxygens (including phenoxy) is 2. The molecule has 2 aliphatic heterocycles. The average Bonchev–Trinajstić information content (AvgIpc) is 2.96. The monoisotopic (exact) mass is 586 g/mol. The lowest BCUT2D eigenvalue weighted by Gasteiger charge is -2.39. The lowest BCUT2D eigenvalue weighted by molar-refractivity contribution is -0.109. The number of alkyl halides is 2. The van der Waals surface area contributed by atoms with Gasteiger partial charge in [-0.1, -0.05) is 0 Å². The van der Waals surface area contributed by atoms with Gasteiger partial charge in [-0.25, -0.2) is 18.7 Å². The van der Waals surface area contributed by atoms with E-state index in [9.17, 15) is 14.0 Å². The van der Waals surface area contributed by atoms with Crippen molar-refractivity contribution >= 4 is 29.9 Å². The minimum Gasteiger partial charge on any atom is -0.483 e. The van der Waals surface area contributed by atoms with Crippen LogP contribution in [0.25, 0.3) is 11.3 Å². The highest BCUT2D eigenvalue weighted by Crippen LogP contribution is 2.33. The zero-order valence-corrected chi connectivity index (χ0v) is 23.9. The smallest absolute Gasteiger partial charge is 0.296 e. The molecule has 0 spiro atoms. The molecule has 3 aromatic rings. The van der Waals surface area contributed by atoms with Crippen molar-refractivity contribution in [3.05, 3.63) is 48.2 Å². The number of anilines is 3. The molecule has 13 heteroatoms. The number of methoxy groups -OCH3 is 1. The third-order valence-electron chi connectivity index (χ3n) is 7.31. The number of likely N-dealkylation sites (N-methyl/N-ethyl adjacent to an activating group) is 1. The Labute approximate surface area is 244 Å². The van der Waals surface area contributed by atoms with E-state index in [0.29, 0.717) is 41.5 Å². The molecule has 218 valence electrons. The number of halogens is 3. The van der Waals surface area contributed by atoms with Crippen LogP contribution in [0.3, 0.4) is 0 Å². The van der Waals surface area contributed by atoms with Crippen molar-refractivity contribution in [1.29, 1.82) is 5.26 Å². The van der Waals surface area contributed by atoms with Crippen molar-refractivity contribution in [3.63, 3.8) is 0 Å². The van der Waals surface area contributed by atoms with Crippen molar-refractivity contribution < 1.29 is 18.3 Å². The lowest BCUT2D eigenvalue weighted by atomic mass is 10.0. The van der Waals surface area contributed by atoms with Crippen molar-refractivity contribution in [1.82, 2.24) is 25.2 Å². The van der Waals surface area contributed by atoms with Crippen LogP contribution in [0.15, 0.2) is 42.6 Å². The van der Waals surface area contributed by atoms with Crippen LogP contribution in [0.5, 0.6) is 11.6 Å². The number of nitrogens with zero attached hydrogens (tertiary/aromatic N) is 6. The van der Waals surface area contributed by atoms with Crippen molar-refractivity contribution in [3.8, 4) is 29.0 Å². The predicted octanol–water partition coefficient (Wildman–Crippen LogP) is 4.10. The number of hydrogen-bond acceptors (Lipinski definition) is 10. The van der Waals surface area contributed by atoms with Crippen LogP contribution in [-0.2, 0) is 0 Å². The summed E-state index contributed by atoms with van der Waals surface area (Å²) in [5, 5.41) is 15.5. The van der Waals surface area contributed by atoms with Gasteiger partial charge in [0.15, 0.2) is 6.10 Å². The van der Waals surface area contributed by atoms with Crippen molar-refractivity contribution in [2.45, 2.75) is 31.4 Å². The normalized spacial score (nSPS) is 20.4. The van der Waals surface area contributed by atoms with E-state index in [1.165, 1.54) is 6.07 Å². The van der Waals surface area contributed by atoms with Crippen molar-refractivity contribution in [2.75, 3.05) is 57.1 Å². The van der Waals surface area contributed by atoms with Crippen LogP contribution < -0.4 is 25.0 Å². The van der Waals surface area contributed by atoms with Crippen LogP contribution in [-0.4, -0.2) is 84.8 Å². The van der Waals surface area contributed by atoms with E-state index in [2.05, 4.69) is 55.4 Å². The molecular weight excluding hydrogens is 554 g/mol. The van der Waals surface area contributed by atoms with Gasteiger partial charge in [0, 0.05) is 43.9 Å². The van der Waals surface area contributed by atoms with Gasteiger partial charge in [-0.05, 0) is 56.9 Å². The Kier molecular flexibility index (Phi) is 9.42. The second-order valence-electron chi connectivity index (χ2n) is 10.0. The number of aromatic nitrogens is 3. The van der Waals surface area contributed by atoms with E-state index in [1.54, 1.807) is 31.5 Å². The second kappa shape index (κ2) is 12.8. The fourth-order valence-corrected chi connectivity index (χ4v) is 4.85. The van der Waals surface area contributed by atoms with Gasteiger partial charge in [0.05, 0.1) is 24.9 Å². The lowest BCUT2D eigenvalue weighted by Crippen LogP contribution is -2.52. The second-order valence-corrected chi connectivity index (χ2v) is 10.0. The predicted molar refractivity (Wildman–Crippen MR) is 155 cm³/mol. The topological polar surface area (TPSA) is 111 Å². The highest BCUT2D eigenvalue weighted by atomic mass is 35.5. The number of rotatable bonds is 7. The first-order valence-electron chi connectivity index (χ1n) is 13.2. The Morgan fingerprint density at radius 2 is 2.00 bits per heavy atom. The Bertz CT molecular complexity index is 1410. The molecule has 4 heterocycles. The van der Waals surface area contributed by atoms with E-state index in [1.807, 2.05) is 12.1 Å². The van der Waals surface area contributed by atoms with Crippen LogP contribution in [0.2, 0.25) is 0 Å². The summed E-state index contributed by atoms with van der Waals surface area (Å²) in [7, 11) is 3.72. The summed E-state index contributed by atoms with van der Waals surface area (Å²) >= 11 is 0. The quantitative estimate of drug-likeness (QED) is 0.420. The van der Waals surface area contributed by atoms with Gasteiger partial charge in [-0.2, -0.15) is 10.2 Å². The number of piperidine rings is 1. The molecule has 0 amide bonds. The molecular formula is C28H33ClF2N8O2. The van der Waals surface area contributed by atoms with Gasteiger partial charge < -0.3 is 29.9 Å². The minimum atomic E-state index is -3.02. The molecule has 2 N–H and O–H groups in total. The molecule has 0 bridgehead atoms. The van der Waals surface area contributed by atoms with Gasteiger partial charge in [-0.15, -0.1) is 12.4 Å². The largest absolute Gasteiger partial charge is 0.483 e. The number of nitriles is 1. The molecule has 0 aliphatic carbocycles. The SMILES string of the molecule is COc1nc(Nc2nccc(-c3ccc(OC4CCNCC4(F)F)c(C#N)c3)n2)ccc1N1CCN(C)[C@@H](C)C1.Cl. The Hall–Kier alpha value is -3.79. The van der Waals surface area contributed by atoms with Gasteiger partial charge >= 0.3 is 0 Å². The highest BCUT2D eigenvalue weighted by molar-refractivity contribution is 5.85. The summed E-state index contributed by atoms with van der Waals surface area (Å²) < 4.78 is 39.7. The summed E-state index contributed by atoms with van der Waals surface area (Å²) in [6, 6.07) is 12.8. The molecule has 0 saturated carbocycles. The molecule has 2 saturated heterocycles. The third kappa shape index (κ3) is 6.75. The highest BCUT2D eigenvalue weighted by Gasteiger charge is 2.43. The van der Waals surface area contributed by atoms with E-state index in [-0.39, 0.29) is 30.1 Å². The average molecular weight is 587 g/mol. The molecule has 0 radical (unpaired) electrons. The van der Waals surface area contributed by atoms with Crippen LogP contribution in [0, 0.1) is 11.3 Å². The molecule has 2 aliphatic rings. The molecule has 2 fully saturated rings. The zero-order chi connectivity index (χ0) is 28.3. The van der Waals surface area contributed by atoms with Crippen LogP contribution in [0.4, 0.5) is 26.2 Å². The maximum atomic E-state index is 14.2. The summed E-state index contributed by atoms with van der Waals surface area (Å²) in [6.07, 6.45) is 0.445. The maximum Gasteiger partial charge on any atom is 0.296 e. The van der Waals surface area contributed by atoms with Crippen molar-refractivity contribution in [2.24, 2.45) is 0 Å². The standard InChI is InChI=1S/C28H32F2N8O2.ClH/c1-18-16-38(13-12-37(18)2)22-5-7-25(35-26(22)39-3)36-27-33-11-8-21(34-27)19-4-6-23(20(14-19)15-31)40-24-9-10-32-17-28(24,29)30;/h4-8,11,14,18,24,32H,9-10,12-13,16-17H2,1-3H3,(H,33,34,35,36);1H/t18-,24?;/m0./s1. The van der Waals surface area contributed by atoms with E-state index in [4.69, 9.17) is 9.47 Å². The first kappa shape index (κ1) is 30.2. The van der Waals surface area contributed by atoms with E-state index < -0.39 is 18.6 Å². The Balaban J connectivity index is 0.00000387. The molecule has 2 atom stereocenters. The Morgan fingerprint density at radius 3 is 2.73 bits per heavy atom. The molecule has 1 aromatic carbocycles. The van der Waals surface area contributed by atoms with E-state index in [0.717, 1.165) is 25.3 Å². The number of nitrogens with one attached hydrogen (secondary N) is 2. The summed E-state index contributed by atoms with van der Waals surface area (Å²) in [5.41, 5.74) is 2.25. The molecule has 5 rings (SSSR count). The first-order chi connectivity index (χ1) is 19.3. The van der Waals surface area contributed by atoms with Crippen LogP contribution >= 0.6 is 12.4 Å². The fraction of sp³-hybridized carbons (Fsp3) is 0.429. The van der Waals surface area contributed by atoms with Gasteiger partial charge in [-0.3, -0.25) is 0 Å². The fourth-order valence-electron chi connectivity index (χ4n) is 4.85. The molecule has 2 aromatic heterocycles. The third-order valence-corrected chi connectivity index (χ3v) is 7.31. The van der Waals surface area contributed by atoms with E-state index >= 15 is 0 Å². The Morgan fingerprint density at radius 1 is 1.17 bits per heavy atom. The zero-order valence-electron chi connectivity index (χ0n) is 23.1. The minimum absolute atomic E-state index is 0. The summed E-state index contributed by atoms with van der Waals surface area (Å²) in [6.45, 7) is 4.88. The summed E-state index contributed by atoms with van der Waals surface area (Å²) in [4.78, 5) is 18.1. The van der Waals surface area contributed by atoms with Crippen LogP contribution in [0.1, 0.15) is 18.9 Å². The van der Waals surface area contributed by atoms with Gasteiger partial charge in [0.2, 0.25) is 11.8 Å². The molecule has 41 heavy (non-hydrogen) atoms. The number of hydrogen-bond donors (Lipinski definition) is 2. The van der Waals surface area contributed by atoms with Gasteiger partial charge in [0.25, 0.3) is 5.92 Å². The first-order valence-corrected chi connectivity index (χ1v) is 13.2. The van der Waals surface area contributed by atoms with Gasteiger partial charge in [0.1, 0.15) is 23.3 Å². The maximum absolute atomic E-state index is 14.2.